The SMILES string of the molecule is CS(=O)(=O)c1c[nH]cc1C#N. The second-order valence-corrected chi connectivity index (χ2v) is 4.10. The van der Waals surface area contributed by atoms with Gasteiger partial charge in [-0.3, -0.25) is 0 Å². The van der Waals surface area contributed by atoms with E-state index in [0.29, 0.717) is 0 Å². The van der Waals surface area contributed by atoms with Crippen molar-refractivity contribution < 1.29 is 8.42 Å². The first kappa shape index (κ1) is 7.82. The van der Waals surface area contributed by atoms with Crippen LogP contribution in [0.5, 0.6) is 0 Å². The lowest BCUT2D eigenvalue weighted by Gasteiger charge is -1.90. The van der Waals surface area contributed by atoms with Crippen LogP contribution in [-0.2, 0) is 9.84 Å². The number of hydrogen-bond donors (Lipinski definition) is 1. The lowest BCUT2D eigenvalue weighted by molar-refractivity contribution is 0.602. The molecule has 0 saturated heterocycles. The van der Waals surface area contributed by atoms with Crippen molar-refractivity contribution in [2.24, 2.45) is 0 Å². The van der Waals surface area contributed by atoms with Gasteiger partial charge in [0.05, 0.1) is 5.56 Å². The summed E-state index contributed by atoms with van der Waals surface area (Å²) >= 11 is 0. The maximum absolute atomic E-state index is 10.9. The Morgan fingerprint density at radius 2 is 2.18 bits per heavy atom. The molecule has 0 bridgehead atoms. The third kappa shape index (κ3) is 1.41. The van der Waals surface area contributed by atoms with Gasteiger partial charge in [-0.05, 0) is 0 Å². The zero-order valence-electron chi connectivity index (χ0n) is 5.83. The predicted octanol–water partition coefficient (Wildman–Crippen LogP) is 0.290. The summed E-state index contributed by atoms with van der Waals surface area (Å²) in [6.45, 7) is 0. The highest BCUT2D eigenvalue weighted by Crippen LogP contribution is 2.12. The molecule has 11 heavy (non-hydrogen) atoms. The minimum Gasteiger partial charge on any atom is -0.365 e. The minimum atomic E-state index is -3.26. The highest BCUT2D eigenvalue weighted by molar-refractivity contribution is 7.90. The van der Waals surface area contributed by atoms with E-state index in [2.05, 4.69) is 4.98 Å². The number of aromatic amines is 1. The van der Waals surface area contributed by atoms with Gasteiger partial charge in [0.25, 0.3) is 0 Å². The molecule has 4 nitrogen and oxygen atoms in total. The van der Waals surface area contributed by atoms with Crippen molar-refractivity contribution in [1.29, 1.82) is 5.26 Å². The van der Waals surface area contributed by atoms with Crippen molar-refractivity contribution >= 4 is 9.84 Å². The molecule has 5 heteroatoms. The van der Waals surface area contributed by atoms with Gasteiger partial charge in [-0.2, -0.15) is 5.26 Å². The molecule has 1 N–H and O–H groups in total. The third-order valence-corrected chi connectivity index (χ3v) is 2.36. The number of sulfone groups is 1. The van der Waals surface area contributed by atoms with Crippen LogP contribution in [0.25, 0.3) is 0 Å². The maximum atomic E-state index is 10.9. The van der Waals surface area contributed by atoms with Gasteiger partial charge in [0.15, 0.2) is 9.84 Å². The van der Waals surface area contributed by atoms with Crippen molar-refractivity contribution in [2.75, 3.05) is 6.26 Å². The van der Waals surface area contributed by atoms with E-state index in [9.17, 15) is 8.42 Å². The van der Waals surface area contributed by atoms with Gasteiger partial charge in [0.2, 0.25) is 0 Å². The van der Waals surface area contributed by atoms with E-state index in [0.717, 1.165) is 6.26 Å². The van der Waals surface area contributed by atoms with Gasteiger partial charge in [0, 0.05) is 18.6 Å². The Labute approximate surface area is 64.4 Å². The van der Waals surface area contributed by atoms with Gasteiger partial charge in [0.1, 0.15) is 11.0 Å². The molecule has 1 aromatic heterocycles. The van der Waals surface area contributed by atoms with Crippen LogP contribution in [0, 0.1) is 11.3 Å². The van der Waals surface area contributed by atoms with Crippen LogP contribution in [0.1, 0.15) is 5.56 Å². The molecule has 0 aliphatic carbocycles. The van der Waals surface area contributed by atoms with Gasteiger partial charge in [-0.1, -0.05) is 0 Å². The topological polar surface area (TPSA) is 73.7 Å². The average molecular weight is 170 g/mol. The van der Waals surface area contributed by atoms with E-state index in [-0.39, 0.29) is 10.5 Å². The van der Waals surface area contributed by atoms with Crippen LogP contribution in [0.3, 0.4) is 0 Å². The van der Waals surface area contributed by atoms with E-state index in [1.165, 1.54) is 12.4 Å². The van der Waals surface area contributed by atoms with Crippen LogP contribution in [-0.4, -0.2) is 19.7 Å². The summed E-state index contributed by atoms with van der Waals surface area (Å²) in [6.07, 6.45) is 3.72. The molecule has 1 aromatic rings. The Kier molecular flexibility index (Phi) is 1.71. The van der Waals surface area contributed by atoms with E-state index < -0.39 is 9.84 Å². The molecule has 1 rings (SSSR count). The first-order valence-electron chi connectivity index (χ1n) is 2.82. The summed E-state index contributed by atoms with van der Waals surface area (Å²) < 4.78 is 21.8. The standard InChI is InChI=1S/C6H6N2O2S/c1-11(9,10)6-4-8-3-5(6)2-7/h3-4,8H,1H3. The van der Waals surface area contributed by atoms with Crippen LogP contribution in [0.4, 0.5) is 0 Å². The molecule has 0 radical (unpaired) electrons. The molecule has 0 amide bonds. The number of nitriles is 1. The quantitative estimate of drug-likeness (QED) is 0.658. The van der Waals surface area contributed by atoms with Gasteiger partial charge in [-0.25, -0.2) is 8.42 Å². The molecule has 0 spiro atoms. The van der Waals surface area contributed by atoms with Gasteiger partial charge < -0.3 is 4.98 Å². The Hall–Kier alpha value is -1.28. The molecule has 1 heterocycles. The molecular formula is C6H6N2O2S. The monoisotopic (exact) mass is 170 g/mol. The summed E-state index contributed by atoms with van der Waals surface area (Å²) in [4.78, 5) is 2.61. The summed E-state index contributed by atoms with van der Waals surface area (Å²) in [5, 5.41) is 8.44. The maximum Gasteiger partial charge on any atom is 0.178 e. The Morgan fingerprint density at radius 3 is 2.55 bits per heavy atom. The summed E-state index contributed by atoms with van der Waals surface area (Å²) in [7, 11) is -3.26. The lowest BCUT2D eigenvalue weighted by Crippen LogP contribution is -1.96. The molecule has 0 unspecified atom stereocenters. The van der Waals surface area contributed by atoms with Crippen LogP contribution in [0.15, 0.2) is 17.3 Å². The molecule has 0 aromatic carbocycles. The smallest absolute Gasteiger partial charge is 0.178 e. The number of aromatic nitrogens is 1. The molecule has 0 atom stereocenters. The molecular weight excluding hydrogens is 164 g/mol. The highest BCUT2D eigenvalue weighted by Gasteiger charge is 2.12. The summed E-state index contributed by atoms with van der Waals surface area (Å²) in [5.74, 6) is 0. The second-order valence-electron chi connectivity index (χ2n) is 2.12. The lowest BCUT2D eigenvalue weighted by atomic mass is 10.4. The first-order chi connectivity index (χ1) is 5.05. The first-order valence-corrected chi connectivity index (χ1v) is 4.72. The van der Waals surface area contributed by atoms with Crippen LogP contribution in [0.2, 0.25) is 0 Å². The van der Waals surface area contributed by atoms with Crippen molar-refractivity contribution in [2.45, 2.75) is 4.90 Å². The number of hydrogen-bond acceptors (Lipinski definition) is 3. The van der Waals surface area contributed by atoms with E-state index in [4.69, 9.17) is 5.26 Å². The molecule has 0 aliphatic rings. The zero-order chi connectivity index (χ0) is 8.48. The fraction of sp³-hybridized carbons (Fsp3) is 0.167. The average Bonchev–Trinajstić information content (AvgIpc) is 2.31. The third-order valence-electron chi connectivity index (χ3n) is 1.23. The van der Waals surface area contributed by atoms with E-state index >= 15 is 0 Å². The minimum absolute atomic E-state index is 0.0556. The summed E-state index contributed by atoms with van der Waals surface area (Å²) in [6, 6.07) is 1.77. The predicted molar refractivity (Wildman–Crippen MR) is 38.6 cm³/mol. The van der Waals surface area contributed by atoms with Gasteiger partial charge >= 0.3 is 0 Å². The second kappa shape index (κ2) is 2.40. The van der Waals surface area contributed by atoms with Crippen LogP contribution < -0.4 is 0 Å². The zero-order valence-corrected chi connectivity index (χ0v) is 6.64. The van der Waals surface area contributed by atoms with E-state index in [1.807, 2.05) is 0 Å². The van der Waals surface area contributed by atoms with Crippen molar-refractivity contribution in [1.82, 2.24) is 4.98 Å². The molecule has 0 aliphatic heterocycles. The van der Waals surface area contributed by atoms with Crippen molar-refractivity contribution in [3.05, 3.63) is 18.0 Å². The highest BCUT2D eigenvalue weighted by atomic mass is 32.2. The summed E-state index contributed by atoms with van der Waals surface area (Å²) in [5.41, 5.74) is 0.160. The fourth-order valence-corrected chi connectivity index (χ4v) is 1.53. The van der Waals surface area contributed by atoms with Gasteiger partial charge in [-0.15, -0.1) is 0 Å². The molecule has 0 fully saturated rings. The van der Waals surface area contributed by atoms with Crippen LogP contribution >= 0.6 is 0 Å². The number of rotatable bonds is 1. The molecule has 58 valence electrons. The number of nitrogens with one attached hydrogen (secondary N) is 1. The normalized spacial score (nSPS) is 10.9. The molecule has 0 saturated carbocycles. The Morgan fingerprint density at radius 1 is 1.55 bits per heavy atom. The van der Waals surface area contributed by atoms with Crippen molar-refractivity contribution in [3.63, 3.8) is 0 Å². The Bertz CT molecular complexity index is 396. The largest absolute Gasteiger partial charge is 0.365 e. The fourth-order valence-electron chi connectivity index (χ4n) is 0.744. The number of H-pyrrole nitrogens is 1. The Balaban J connectivity index is 3.39. The van der Waals surface area contributed by atoms with Crippen molar-refractivity contribution in [3.8, 4) is 6.07 Å². The number of nitrogens with zero attached hydrogens (tertiary/aromatic N) is 1. The van der Waals surface area contributed by atoms with E-state index in [1.54, 1.807) is 6.07 Å².